The number of nitrogens with zero attached hydrogens (tertiary/aromatic N) is 4. The Bertz CT molecular complexity index is 758. The van der Waals surface area contributed by atoms with Crippen LogP contribution in [0.15, 0.2) is 24.0 Å². The third-order valence-corrected chi connectivity index (χ3v) is 5.92. The van der Waals surface area contributed by atoms with Crippen molar-refractivity contribution in [1.29, 1.82) is 0 Å². The van der Waals surface area contributed by atoms with Crippen LogP contribution in [0, 0.1) is 0 Å². The van der Waals surface area contributed by atoms with Crippen LogP contribution in [0.4, 0.5) is 5.13 Å². The maximum absolute atomic E-state index is 12.7. The second-order valence-electron chi connectivity index (χ2n) is 6.81. The third kappa shape index (κ3) is 3.18. The number of aryl methyl sites for hydroxylation is 1. The molecule has 2 aliphatic rings. The molecular weight excluding hydrogens is 338 g/mol. The van der Waals surface area contributed by atoms with Gasteiger partial charge in [0.2, 0.25) is 11.8 Å². The molecule has 2 bridgehead atoms. The third-order valence-electron chi connectivity index (χ3n) is 5.24. The molecule has 0 aromatic carbocycles. The van der Waals surface area contributed by atoms with Crippen molar-refractivity contribution in [2.45, 2.75) is 50.1 Å². The zero-order chi connectivity index (χ0) is 17.4. The van der Waals surface area contributed by atoms with Gasteiger partial charge in [0.15, 0.2) is 5.13 Å². The number of nitrogens with one attached hydrogen (secondary N) is 1. The molecule has 0 radical (unpaired) electrons. The highest BCUT2D eigenvalue weighted by molar-refractivity contribution is 7.13. The van der Waals surface area contributed by atoms with Crippen LogP contribution in [0.5, 0.6) is 0 Å². The van der Waals surface area contributed by atoms with Gasteiger partial charge in [-0.05, 0) is 25.7 Å². The van der Waals surface area contributed by atoms with E-state index >= 15 is 0 Å². The number of hydrogen-bond donors (Lipinski definition) is 1. The van der Waals surface area contributed by atoms with Gasteiger partial charge >= 0.3 is 0 Å². The van der Waals surface area contributed by atoms with E-state index < -0.39 is 0 Å². The molecule has 25 heavy (non-hydrogen) atoms. The zero-order valence-corrected chi connectivity index (χ0v) is 14.9. The lowest BCUT2D eigenvalue weighted by Crippen LogP contribution is -2.47. The number of fused-ring (bicyclic) bond motifs is 2. The summed E-state index contributed by atoms with van der Waals surface area (Å²) in [4.78, 5) is 35.2. The van der Waals surface area contributed by atoms with Crippen LogP contribution in [0.3, 0.4) is 0 Å². The van der Waals surface area contributed by atoms with Crippen LogP contribution in [0.25, 0.3) is 0 Å². The predicted molar refractivity (Wildman–Crippen MR) is 94.2 cm³/mol. The molecule has 4 heterocycles. The highest BCUT2D eigenvalue weighted by Crippen LogP contribution is 2.42. The average molecular weight is 359 g/mol. The van der Waals surface area contributed by atoms with Crippen LogP contribution in [-0.2, 0) is 16.6 Å². The molecular formula is C17H21N5O2S. The molecule has 8 heteroatoms. The van der Waals surface area contributed by atoms with Gasteiger partial charge in [0.1, 0.15) is 12.2 Å². The molecule has 2 aromatic rings. The van der Waals surface area contributed by atoms with Gasteiger partial charge in [-0.25, -0.2) is 9.97 Å². The topological polar surface area (TPSA) is 80.1 Å². The molecule has 2 aromatic heterocycles. The number of anilines is 1. The summed E-state index contributed by atoms with van der Waals surface area (Å²) in [5.41, 5.74) is 0. The molecule has 2 saturated heterocycles. The first-order valence-corrected chi connectivity index (χ1v) is 9.47. The number of amides is 2. The summed E-state index contributed by atoms with van der Waals surface area (Å²) in [6.07, 6.45) is 9.22. The van der Waals surface area contributed by atoms with Crippen LogP contribution in [0.2, 0.25) is 0 Å². The Morgan fingerprint density at radius 2 is 2.00 bits per heavy atom. The van der Waals surface area contributed by atoms with Gasteiger partial charge < -0.3 is 14.8 Å². The molecule has 1 N–H and O–H groups in total. The Morgan fingerprint density at radius 3 is 2.60 bits per heavy atom. The Morgan fingerprint density at radius 1 is 1.24 bits per heavy atom. The van der Waals surface area contributed by atoms with E-state index in [9.17, 15) is 9.59 Å². The fraction of sp³-hybridized carbons (Fsp3) is 0.529. The lowest BCUT2D eigenvalue weighted by molar-refractivity contribution is -0.138. The lowest BCUT2D eigenvalue weighted by Gasteiger charge is -2.38. The first-order valence-electron chi connectivity index (χ1n) is 8.59. The van der Waals surface area contributed by atoms with Gasteiger partial charge in [-0.1, -0.05) is 0 Å². The normalized spacial score (nSPS) is 25.2. The molecule has 7 nitrogen and oxygen atoms in total. The number of aromatic nitrogens is 3. The molecule has 0 saturated carbocycles. The average Bonchev–Trinajstić information content (AvgIpc) is 3.28. The van der Waals surface area contributed by atoms with Crippen molar-refractivity contribution in [2.75, 3.05) is 5.32 Å². The maximum atomic E-state index is 12.7. The molecule has 3 atom stereocenters. The van der Waals surface area contributed by atoms with Gasteiger partial charge in [0.05, 0.1) is 0 Å². The summed E-state index contributed by atoms with van der Waals surface area (Å²) >= 11 is 1.35. The summed E-state index contributed by atoms with van der Waals surface area (Å²) in [7, 11) is 2.02. The molecule has 4 rings (SSSR count). The summed E-state index contributed by atoms with van der Waals surface area (Å²) in [5, 5.41) is 5.02. The largest absolute Gasteiger partial charge is 0.338 e. The van der Waals surface area contributed by atoms with Crippen LogP contribution < -0.4 is 5.32 Å². The Kier molecular flexibility index (Phi) is 4.29. The number of rotatable bonds is 4. The minimum absolute atomic E-state index is 0.0696. The van der Waals surface area contributed by atoms with Gasteiger partial charge in [0, 0.05) is 49.0 Å². The highest BCUT2D eigenvalue weighted by Gasteiger charge is 2.44. The van der Waals surface area contributed by atoms with Crippen molar-refractivity contribution >= 4 is 28.3 Å². The van der Waals surface area contributed by atoms with Crippen LogP contribution >= 0.6 is 11.3 Å². The summed E-state index contributed by atoms with van der Waals surface area (Å²) < 4.78 is 2.07. The van der Waals surface area contributed by atoms with Crippen molar-refractivity contribution in [1.82, 2.24) is 19.4 Å². The quantitative estimate of drug-likeness (QED) is 0.848. The smallest absolute Gasteiger partial charge is 0.235 e. The van der Waals surface area contributed by atoms with Crippen molar-refractivity contribution in [2.24, 2.45) is 7.05 Å². The monoisotopic (exact) mass is 359 g/mol. The summed E-state index contributed by atoms with van der Waals surface area (Å²) in [5.74, 6) is 1.14. The minimum atomic E-state index is -0.287. The van der Waals surface area contributed by atoms with Gasteiger partial charge in [-0.2, -0.15) is 0 Å². The number of thiazole rings is 1. The molecule has 1 unspecified atom stereocenters. The number of piperidine rings is 1. The van der Waals surface area contributed by atoms with Crippen molar-refractivity contribution in [3.8, 4) is 0 Å². The predicted octanol–water partition coefficient (Wildman–Crippen LogP) is 2.14. The number of hydrogen-bond acceptors (Lipinski definition) is 5. The van der Waals surface area contributed by atoms with Gasteiger partial charge in [-0.15, -0.1) is 11.3 Å². The number of carbonyl (C=O) groups is 2. The highest BCUT2D eigenvalue weighted by atomic mass is 32.1. The molecule has 2 amide bonds. The molecule has 0 aliphatic carbocycles. The maximum Gasteiger partial charge on any atom is 0.235 e. The van der Waals surface area contributed by atoms with Gasteiger partial charge in [-0.3, -0.25) is 9.59 Å². The number of carbonyl (C=O) groups excluding carboxylic acids is 2. The summed E-state index contributed by atoms with van der Waals surface area (Å²) in [6.45, 7) is 0. The Labute approximate surface area is 150 Å². The molecule has 0 spiro atoms. The van der Waals surface area contributed by atoms with E-state index in [4.69, 9.17) is 0 Å². The molecule has 2 fully saturated rings. The number of imidazole rings is 1. The van der Waals surface area contributed by atoms with E-state index in [0.717, 1.165) is 31.5 Å². The molecule has 132 valence electrons. The van der Waals surface area contributed by atoms with Gasteiger partial charge in [0.25, 0.3) is 0 Å². The first-order chi connectivity index (χ1) is 12.1. The SMILES string of the molecule is Cn1ccnc1C1C[C@H]2CC[C@@H](C1)N2C(=O)CC(=O)Nc1nccs1. The fourth-order valence-electron chi connectivity index (χ4n) is 4.24. The van der Waals surface area contributed by atoms with E-state index in [-0.39, 0.29) is 30.3 Å². The second kappa shape index (κ2) is 6.59. The standard InChI is InChI=1S/C17H21N5O2S/c1-21-6-4-18-16(21)11-8-12-2-3-13(9-11)22(12)15(24)10-14(23)20-17-19-5-7-25-17/h4-7,11-13H,2-3,8-10H2,1H3,(H,19,20,23)/t11?,12-,13+. The Hall–Kier alpha value is -2.22. The fourth-order valence-corrected chi connectivity index (χ4v) is 4.79. The minimum Gasteiger partial charge on any atom is -0.338 e. The van der Waals surface area contributed by atoms with Crippen LogP contribution in [0.1, 0.15) is 43.8 Å². The molecule has 2 aliphatic heterocycles. The van der Waals surface area contributed by atoms with E-state index in [1.165, 1.54) is 11.3 Å². The van der Waals surface area contributed by atoms with E-state index in [0.29, 0.717) is 11.0 Å². The van der Waals surface area contributed by atoms with Crippen molar-refractivity contribution < 1.29 is 9.59 Å². The lowest BCUT2D eigenvalue weighted by atomic mass is 9.89. The van der Waals surface area contributed by atoms with Crippen LogP contribution in [-0.4, -0.2) is 43.3 Å². The van der Waals surface area contributed by atoms with E-state index in [1.807, 2.05) is 24.3 Å². The van der Waals surface area contributed by atoms with E-state index in [2.05, 4.69) is 19.9 Å². The second-order valence-corrected chi connectivity index (χ2v) is 7.71. The van der Waals surface area contributed by atoms with Crippen molar-refractivity contribution in [3.05, 3.63) is 29.8 Å². The zero-order valence-electron chi connectivity index (χ0n) is 14.1. The summed E-state index contributed by atoms with van der Waals surface area (Å²) in [6, 6.07) is 0.446. The van der Waals surface area contributed by atoms with E-state index in [1.54, 1.807) is 11.6 Å². The Balaban J connectivity index is 1.39. The van der Waals surface area contributed by atoms with Crippen molar-refractivity contribution in [3.63, 3.8) is 0 Å². The first kappa shape index (κ1) is 16.3.